The number of hydrogen-bond acceptors (Lipinski definition) is 4. The second kappa shape index (κ2) is 3.51. The van der Waals surface area contributed by atoms with Crippen molar-refractivity contribution >= 4 is 22.5 Å². The van der Waals surface area contributed by atoms with Crippen LogP contribution in [0.5, 0.6) is 0 Å². The average molecular weight is 230 g/mol. The van der Waals surface area contributed by atoms with E-state index in [-0.39, 0.29) is 10.3 Å². The summed E-state index contributed by atoms with van der Waals surface area (Å²) >= 11 is 4.40. The molecule has 1 unspecified atom stereocenters. The molecule has 0 amide bonds. The number of ether oxygens (including phenoxy) is 1. The third-order valence-corrected chi connectivity index (χ3v) is 5.21. The molecule has 0 aliphatic carbocycles. The molecule has 1 saturated heterocycles. The Bertz CT molecular complexity index is 308. The molecule has 1 aliphatic rings. The SMILES string of the molecule is CC1(C)OCCC1(SS)c1ccoc1. The molecule has 0 bridgehead atoms. The van der Waals surface area contributed by atoms with E-state index in [1.807, 2.05) is 6.07 Å². The zero-order chi connectivity index (χ0) is 10.2. The van der Waals surface area contributed by atoms with E-state index in [0.717, 1.165) is 13.0 Å². The van der Waals surface area contributed by atoms with Gasteiger partial charge in [-0.25, -0.2) is 0 Å². The summed E-state index contributed by atoms with van der Waals surface area (Å²) < 4.78 is 10.8. The minimum absolute atomic E-state index is 0.0802. The number of thiol groups is 1. The highest BCUT2D eigenvalue weighted by molar-refractivity contribution is 8.69. The van der Waals surface area contributed by atoms with E-state index in [1.165, 1.54) is 5.56 Å². The number of rotatable bonds is 2. The van der Waals surface area contributed by atoms with Crippen LogP contribution >= 0.6 is 22.5 Å². The predicted octanol–water partition coefficient (Wildman–Crippen LogP) is 3.25. The third-order valence-electron chi connectivity index (χ3n) is 3.03. The minimum atomic E-state index is -0.191. The molecular weight excluding hydrogens is 216 g/mol. The van der Waals surface area contributed by atoms with Crippen LogP contribution in [0.1, 0.15) is 25.8 Å². The van der Waals surface area contributed by atoms with Gasteiger partial charge in [-0.05, 0) is 26.3 Å². The Morgan fingerprint density at radius 1 is 1.50 bits per heavy atom. The molecule has 2 rings (SSSR count). The van der Waals surface area contributed by atoms with Crippen LogP contribution in [0.2, 0.25) is 0 Å². The van der Waals surface area contributed by atoms with E-state index < -0.39 is 0 Å². The Hall–Kier alpha value is -0.0600. The molecule has 78 valence electrons. The van der Waals surface area contributed by atoms with Crippen molar-refractivity contribution in [3.8, 4) is 0 Å². The van der Waals surface area contributed by atoms with E-state index in [9.17, 15) is 0 Å². The average Bonchev–Trinajstić information content (AvgIpc) is 2.72. The van der Waals surface area contributed by atoms with Crippen molar-refractivity contribution in [2.75, 3.05) is 6.61 Å². The standard InChI is InChI=1S/C10H14O2S2/c1-9(2)10(14-13,4-6-12-9)8-3-5-11-7-8/h3,5,7,13H,4,6H2,1-2H3. The summed E-state index contributed by atoms with van der Waals surface area (Å²) in [6.07, 6.45) is 4.48. The zero-order valence-corrected chi connectivity index (χ0v) is 10.0. The van der Waals surface area contributed by atoms with Crippen LogP contribution < -0.4 is 0 Å². The Labute approximate surface area is 93.2 Å². The quantitative estimate of drug-likeness (QED) is 0.623. The predicted molar refractivity (Wildman–Crippen MR) is 61.6 cm³/mol. The summed E-state index contributed by atoms with van der Waals surface area (Å²) in [6, 6.07) is 2.00. The summed E-state index contributed by atoms with van der Waals surface area (Å²) in [6.45, 7) is 5.00. The van der Waals surface area contributed by atoms with Crippen molar-refractivity contribution in [3.63, 3.8) is 0 Å². The molecule has 0 spiro atoms. The molecule has 1 atom stereocenters. The zero-order valence-electron chi connectivity index (χ0n) is 8.32. The lowest BCUT2D eigenvalue weighted by molar-refractivity contribution is 0.0201. The molecule has 2 heterocycles. The van der Waals surface area contributed by atoms with Gasteiger partial charge in [0.1, 0.15) is 0 Å². The van der Waals surface area contributed by atoms with Crippen molar-refractivity contribution in [3.05, 3.63) is 24.2 Å². The lowest BCUT2D eigenvalue weighted by Crippen LogP contribution is -2.39. The molecule has 14 heavy (non-hydrogen) atoms. The fraction of sp³-hybridized carbons (Fsp3) is 0.600. The Morgan fingerprint density at radius 3 is 2.71 bits per heavy atom. The highest BCUT2D eigenvalue weighted by Crippen LogP contribution is 2.54. The topological polar surface area (TPSA) is 22.4 Å². The number of hydrogen-bond donors (Lipinski definition) is 1. The van der Waals surface area contributed by atoms with Gasteiger partial charge in [0.15, 0.2) is 0 Å². The molecule has 0 saturated carbocycles. The molecule has 1 aliphatic heterocycles. The van der Waals surface area contributed by atoms with Gasteiger partial charge in [-0.2, -0.15) is 0 Å². The molecule has 1 fully saturated rings. The number of furan rings is 1. The summed E-state index contributed by atoms with van der Waals surface area (Å²) in [7, 11) is 1.55. The molecule has 0 N–H and O–H groups in total. The van der Waals surface area contributed by atoms with E-state index in [2.05, 4.69) is 25.5 Å². The van der Waals surface area contributed by atoms with Crippen molar-refractivity contribution in [1.82, 2.24) is 0 Å². The van der Waals surface area contributed by atoms with Crippen molar-refractivity contribution in [1.29, 1.82) is 0 Å². The third kappa shape index (κ3) is 1.32. The van der Waals surface area contributed by atoms with Gasteiger partial charge in [0.25, 0.3) is 0 Å². The highest BCUT2D eigenvalue weighted by atomic mass is 33.1. The van der Waals surface area contributed by atoms with Gasteiger partial charge in [0, 0.05) is 12.2 Å². The molecule has 2 nitrogen and oxygen atoms in total. The Morgan fingerprint density at radius 2 is 2.29 bits per heavy atom. The maximum absolute atomic E-state index is 5.76. The maximum Gasteiger partial charge on any atom is 0.0950 e. The summed E-state index contributed by atoms with van der Waals surface area (Å²) in [5, 5.41) is 0. The molecular formula is C10H14O2S2. The minimum Gasteiger partial charge on any atom is -0.472 e. The maximum atomic E-state index is 5.76. The van der Waals surface area contributed by atoms with Crippen molar-refractivity contribution in [2.45, 2.75) is 30.6 Å². The fourth-order valence-electron chi connectivity index (χ4n) is 2.06. The van der Waals surface area contributed by atoms with Gasteiger partial charge >= 0.3 is 0 Å². The largest absolute Gasteiger partial charge is 0.472 e. The summed E-state index contributed by atoms with van der Waals surface area (Å²) in [4.78, 5) is 0. The van der Waals surface area contributed by atoms with Gasteiger partial charge in [0.2, 0.25) is 0 Å². The fourth-order valence-corrected chi connectivity index (χ4v) is 3.99. The first-order chi connectivity index (χ1) is 6.62. The van der Waals surface area contributed by atoms with Crippen LogP contribution in [0.4, 0.5) is 0 Å². The van der Waals surface area contributed by atoms with Crippen LogP contribution in [0.3, 0.4) is 0 Å². The molecule has 0 aromatic carbocycles. The van der Waals surface area contributed by atoms with Gasteiger partial charge in [-0.15, -0.1) is 11.7 Å². The Kier molecular flexibility index (Phi) is 2.62. The van der Waals surface area contributed by atoms with Crippen LogP contribution in [0.25, 0.3) is 0 Å². The van der Waals surface area contributed by atoms with Gasteiger partial charge in [-0.1, -0.05) is 10.8 Å². The summed E-state index contributed by atoms with van der Waals surface area (Å²) in [5.74, 6) is 0. The first-order valence-electron chi connectivity index (χ1n) is 4.62. The van der Waals surface area contributed by atoms with Crippen LogP contribution in [0, 0.1) is 0 Å². The molecule has 1 aromatic rings. The first kappa shape index (κ1) is 10.5. The summed E-state index contributed by atoms with van der Waals surface area (Å²) in [5.41, 5.74) is 0.975. The monoisotopic (exact) mass is 230 g/mol. The second-order valence-electron chi connectivity index (χ2n) is 4.04. The van der Waals surface area contributed by atoms with Crippen LogP contribution in [0.15, 0.2) is 23.0 Å². The lowest BCUT2D eigenvalue weighted by atomic mass is 9.85. The van der Waals surface area contributed by atoms with Crippen LogP contribution in [-0.2, 0) is 9.48 Å². The van der Waals surface area contributed by atoms with E-state index in [4.69, 9.17) is 9.15 Å². The lowest BCUT2D eigenvalue weighted by Gasteiger charge is -2.37. The normalized spacial score (nSPS) is 30.8. The van der Waals surface area contributed by atoms with E-state index >= 15 is 0 Å². The van der Waals surface area contributed by atoms with Crippen molar-refractivity contribution in [2.24, 2.45) is 0 Å². The smallest absolute Gasteiger partial charge is 0.0950 e. The second-order valence-corrected chi connectivity index (χ2v) is 5.47. The van der Waals surface area contributed by atoms with E-state index in [1.54, 1.807) is 23.3 Å². The van der Waals surface area contributed by atoms with Crippen molar-refractivity contribution < 1.29 is 9.15 Å². The first-order valence-corrected chi connectivity index (χ1v) is 6.48. The van der Waals surface area contributed by atoms with Gasteiger partial charge in [-0.3, -0.25) is 0 Å². The highest BCUT2D eigenvalue weighted by Gasteiger charge is 2.52. The van der Waals surface area contributed by atoms with Crippen LogP contribution in [-0.4, -0.2) is 12.2 Å². The molecule has 4 heteroatoms. The van der Waals surface area contributed by atoms with Gasteiger partial charge in [0.05, 0.1) is 22.9 Å². The van der Waals surface area contributed by atoms with E-state index in [0.29, 0.717) is 0 Å². The Balaban J connectivity index is 2.44. The van der Waals surface area contributed by atoms with Gasteiger partial charge < -0.3 is 9.15 Å². The molecule has 0 radical (unpaired) electrons. The molecule has 1 aromatic heterocycles.